The molecule has 1 heterocycles. The van der Waals surface area contributed by atoms with E-state index in [0.29, 0.717) is 0 Å². The first-order valence-electron chi connectivity index (χ1n) is 11.0. The van der Waals surface area contributed by atoms with E-state index in [-0.39, 0.29) is 30.0 Å². The van der Waals surface area contributed by atoms with E-state index in [1.165, 1.54) is 27.7 Å². The summed E-state index contributed by atoms with van der Waals surface area (Å²) in [6.45, 7) is 6.77. The van der Waals surface area contributed by atoms with Crippen molar-refractivity contribution in [3.63, 3.8) is 0 Å². The largest absolute Gasteiger partial charge is 0.459 e. The van der Waals surface area contributed by atoms with Crippen LogP contribution in [-0.4, -0.2) is 77.2 Å². The van der Waals surface area contributed by atoms with Crippen molar-refractivity contribution in [2.45, 2.75) is 76.0 Å². The number of hydrogen-bond acceptors (Lipinski definition) is 5. The molecule has 1 fully saturated rings. The number of ether oxygens (including phenoxy) is 1. The van der Waals surface area contributed by atoms with Gasteiger partial charge in [0.15, 0.2) is 0 Å². The zero-order valence-corrected chi connectivity index (χ0v) is 21.5. The summed E-state index contributed by atoms with van der Waals surface area (Å²) in [4.78, 5) is 38.5. The number of hydrogen-bond donors (Lipinski definition) is 1. The Hall–Kier alpha value is -2.66. The third-order valence-electron chi connectivity index (χ3n) is 5.92. The van der Waals surface area contributed by atoms with Crippen LogP contribution >= 0.6 is 11.3 Å². The summed E-state index contributed by atoms with van der Waals surface area (Å²) >= 11 is -0.00399. The first-order valence-corrected chi connectivity index (χ1v) is 11.8. The van der Waals surface area contributed by atoms with Gasteiger partial charge in [0.1, 0.15) is 5.00 Å². The first-order chi connectivity index (χ1) is 17.4. The molecule has 1 aliphatic carbocycles. The molecular formula is C21H21F11N2O4S. The summed E-state index contributed by atoms with van der Waals surface area (Å²) in [6, 6.07) is 0. The van der Waals surface area contributed by atoms with Crippen LogP contribution in [0.5, 0.6) is 0 Å². The molecule has 1 N–H and O–H groups in total. The molecule has 222 valence electrons. The summed E-state index contributed by atoms with van der Waals surface area (Å²) in [7, 11) is 0. The lowest BCUT2D eigenvalue weighted by molar-refractivity contribution is -0.475. The van der Waals surface area contributed by atoms with Crippen molar-refractivity contribution in [1.29, 1.82) is 0 Å². The van der Waals surface area contributed by atoms with Crippen molar-refractivity contribution in [3.05, 3.63) is 16.0 Å². The van der Waals surface area contributed by atoms with Crippen LogP contribution in [0, 0.1) is 6.92 Å². The molecule has 0 aromatic carbocycles. The number of nitrogens with zero attached hydrogens (tertiary/aromatic N) is 1. The molecule has 0 atom stereocenters. The van der Waals surface area contributed by atoms with Gasteiger partial charge in [-0.05, 0) is 40.2 Å². The smallest absolute Gasteiger partial charge is 0.384 e. The molecule has 39 heavy (non-hydrogen) atoms. The third-order valence-corrected chi connectivity index (χ3v) is 7.12. The second-order valence-corrected chi connectivity index (χ2v) is 9.70. The van der Waals surface area contributed by atoms with Gasteiger partial charge in [-0.2, -0.15) is 43.9 Å². The van der Waals surface area contributed by atoms with Gasteiger partial charge in [-0.1, -0.05) is 0 Å². The molecule has 1 aromatic rings. The van der Waals surface area contributed by atoms with Crippen LogP contribution in [0.1, 0.15) is 53.3 Å². The fourth-order valence-corrected chi connectivity index (χ4v) is 4.83. The number of carbonyl (C=O) groups excluding carboxylic acids is 3. The fourth-order valence-electron chi connectivity index (χ4n) is 3.67. The molecule has 0 radical (unpaired) electrons. The van der Waals surface area contributed by atoms with Crippen molar-refractivity contribution in [2.75, 3.05) is 18.4 Å². The second kappa shape index (κ2) is 9.76. The molecule has 0 unspecified atom stereocenters. The lowest BCUT2D eigenvalue weighted by Gasteiger charge is -2.51. The van der Waals surface area contributed by atoms with Crippen LogP contribution in [-0.2, 0) is 9.53 Å². The molecule has 18 heteroatoms. The highest BCUT2D eigenvalue weighted by molar-refractivity contribution is 7.18. The average molecular weight is 606 g/mol. The van der Waals surface area contributed by atoms with Crippen LogP contribution in [0.25, 0.3) is 0 Å². The maximum atomic E-state index is 15.2. The van der Waals surface area contributed by atoms with E-state index in [1.54, 1.807) is 0 Å². The number of alkyl halides is 11. The van der Waals surface area contributed by atoms with E-state index in [2.05, 4.69) is 0 Å². The Morgan fingerprint density at radius 1 is 0.821 bits per heavy atom. The number of halogens is 11. The van der Waals surface area contributed by atoms with Crippen LogP contribution in [0.3, 0.4) is 0 Å². The zero-order valence-electron chi connectivity index (χ0n) is 20.6. The summed E-state index contributed by atoms with van der Waals surface area (Å²) in [5, 5.41) is -0.261. The van der Waals surface area contributed by atoms with Gasteiger partial charge >= 0.3 is 41.3 Å². The SMILES string of the molecule is CCN(CC)C(=O)c1sc(NC(=O)C2(F)C(F)(F)C(F)(F)C(F)(F)C(F)(F)C2(F)F)c(C(=O)OC(C)C)c1C. The Morgan fingerprint density at radius 2 is 1.23 bits per heavy atom. The van der Waals surface area contributed by atoms with Gasteiger partial charge in [0.2, 0.25) is 0 Å². The molecule has 6 nitrogen and oxygen atoms in total. The van der Waals surface area contributed by atoms with E-state index in [1.807, 2.05) is 0 Å². The fraction of sp³-hybridized carbons (Fsp3) is 0.667. The maximum Gasteiger partial charge on any atom is 0.384 e. The van der Waals surface area contributed by atoms with Crippen molar-refractivity contribution in [1.82, 2.24) is 4.90 Å². The molecule has 2 rings (SSSR count). The van der Waals surface area contributed by atoms with E-state index >= 15 is 4.39 Å². The summed E-state index contributed by atoms with van der Waals surface area (Å²) in [5.41, 5.74) is -8.25. The van der Waals surface area contributed by atoms with Crippen LogP contribution < -0.4 is 5.32 Å². The Balaban J connectivity index is 2.78. The number of carbonyl (C=O) groups is 3. The monoisotopic (exact) mass is 606 g/mol. The highest BCUT2D eigenvalue weighted by Gasteiger charge is 3.02. The maximum absolute atomic E-state index is 15.2. The van der Waals surface area contributed by atoms with Gasteiger partial charge in [0, 0.05) is 13.1 Å². The lowest BCUT2D eigenvalue weighted by Crippen LogP contribution is -2.86. The number of rotatable bonds is 7. The topological polar surface area (TPSA) is 75.7 Å². The number of thiophene rings is 1. The molecule has 1 saturated carbocycles. The highest BCUT2D eigenvalue weighted by atomic mass is 32.1. The standard InChI is InChI=1S/C21H21F11N2O4S/c1-6-34(7-2)13(35)11-9(5)10(14(36)38-8(3)4)12(39-11)33-15(37)16(22)17(23,24)19(27,28)21(31,32)20(29,30)18(16,25)26/h8H,6-7H2,1-5H3,(H,33,37). The van der Waals surface area contributed by atoms with Gasteiger partial charge in [-0.3, -0.25) is 9.59 Å². The molecule has 0 bridgehead atoms. The molecule has 1 aromatic heterocycles. The van der Waals surface area contributed by atoms with E-state index in [0.717, 1.165) is 17.1 Å². The third kappa shape index (κ3) is 4.15. The lowest BCUT2D eigenvalue weighted by atomic mass is 9.71. The number of amides is 2. The Morgan fingerprint density at radius 3 is 1.62 bits per heavy atom. The zero-order chi connectivity index (χ0) is 30.7. The minimum atomic E-state index is -7.50. The average Bonchev–Trinajstić information content (AvgIpc) is 3.12. The summed E-state index contributed by atoms with van der Waals surface area (Å²) < 4.78 is 160. The second-order valence-electron chi connectivity index (χ2n) is 8.68. The summed E-state index contributed by atoms with van der Waals surface area (Å²) in [5.74, 6) is -43.2. The molecule has 2 amide bonds. The van der Waals surface area contributed by atoms with Gasteiger partial charge in [0.25, 0.3) is 11.8 Å². The van der Waals surface area contributed by atoms with E-state index in [9.17, 15) is 58.3 Å². The predicted molar refractivity (Wildman–Crippen MR) is 114 cm³/mol. The quantitative estimate of drug-likeness (QED) is 0.308. The number of nitrogens with one attached hydrogen (secondary N) is 1. The molecule has 0 aliphatic heterocycles. The van der Waals surface area contributed by atoms with Gasteiger partial charge in [0.05, 0.1) is 16.5 Å². The summed E-state index contributed by atoms with van der Waals surface area (Å²) in [6.07, 6.45) is -0.929. The van der Waals surface area contributed by atoms with Crippen molar-refractivity contribution in [2.24, 2.45) is 0 Å². The highest BCUT2D eigenvalue weighted by Crippen LogP contribution is 2.69. The van der Waals surface area contributed by atoms with Crippen molar-refractivity contribution in [3.8, 4) is 0 Å². The number of esters is 1. The predicted octanol–water partition coefficient (Wildman–Crippen LogP) is 5.94. The minimum absolute atomic E-state index is 0.00399. The van der Waals surface area contributed by atoms with Crippen LogP contribution in [0.15, 0.2) is 0 Å². The van der Waals surface area contributed by atoms with E-state index in [4.69, 9.17) is 4.74 Å². The Bertz CT molecular complexity index is 1130. The van der Waals surface area contributed by atoms with Gasteiger partial charge in [-0.15, -0.1) is 11.3 Å². The molecule has 0 saturated heterocycles. The number of anilines is 1. The normalized spacial score (nSPS) is 21.8. The van der Waals surface area contributed by atoms with E-state index < -0.39 is 74.6 Å². The Kier molecular flexibility index (Phi) is 8.15. The van der Waals surface area contributed by atoms with Crippen molar-refractivity contribution >= 4 is 34.1 Å². The van der Waals surface area contributed by atoms with Crippen molar-refractivity contribution < 1.29 is 67.4 Å². The van der Waals surface area contributed by atoms with Gasteiger partial charge < -0.3 is 15.0 Å². The molecular weight excluding hydrogens is 585 g/mol. The van der Waals surface area contributed by atoms with Gasteiger partial charge in [-0.25, -0.2) is 9.18 Å². The Labute approximate surface area is 217 Å². The molecule has 0 spiro atoms. The molecule has 1 aliphatic rings. The minimum Gasteiger partial charge on any atom is -0.459 e. The first kappa shape index (κ1) is 32.6. The van der Waals surface area contributed by atoms with Crippen LogP contribution in [0.4, 0.5) is 53.3 Å². The van der Waals surface area contributed by atoms with Crippen LogP contribution in [0.2, 0.25) is 0 Å².